The Labute approximate surface area is 173 Å². The van der Waals surface area contributed by atoms with E-state index in [1.54, 1.807) is 11.5 Å². The van der Waals surface area contributed by atoms with Gasteiger partial charge in [0.05, 0.1) is 16.3 Å². The number of hydrogen-bond donors (Lipinski definition) is 0. The quantitative estimate of drug-likeness (QED) is 0.605. The lowest BCUT2D eigenvalue weighted by molar-refractivity contribution is -0.118. The second-order valence-electron chi connectivity index (χ2n) is 7.35. The van der Waals surface area contributed by atoms with Crippen LogP contribution >= 0.6 is 23.3 Å². The summed E-state index contributed by atoms with van der Waals surface area (Å²) in [5, 5.41) is 1.25. The van der Waals surface area contributed by atoms with Crippen LogP contribution in [-0.2, 0) is 4.79 Å². The van der Waals surface area contributed by atoms with Crippen molar-refractivity contribution in [1.82, 2.24) is 9.27 Å². The molecule has 2 aliphatic heterocycles. The molecule has 1 fully saturated rings. The molecule has 0 aliphatic carbocycles. The predicted octanol–water partition coefficient (Wildman–Crippen LogP) is 4.09. The molecule has 0 radical (unpaired) electrons. The summed E-state index contributed by atoms with van der Waals surface area (Å²) >= 11 is 7.76. The number of piperazine rings is 1. The summed E-state index contributed by atoms with van der Waals surface area (Å²) in [6.45, 7) is 4.80. The average molecular weight is 413 g/mol. The highest BCUT2D eigenvalue weighted by Crippen LogP contribution is 2.40. The molecule has 144 valence electrons. The van der Waals surface area contributed by atoms with Crippen LogP contribution < -0.4 is 9.32 Å². The minimum absolute atomic E-state index is 0.00422. The lowest BCUT2D eigenvalue weighted by Crippen LogP contribution is -2.47. The highest BCUT2D eigenvalue weighted by Gasteiger charge is 2.36. The SMILES string of the molecule is O=C1C(CCN2CCN(c3nsc4ccccc34)CC2)c2ccccc2N1Cl. The third-order valence-corrected chi connectivity index (χ3v) is 6.95. The van der Waals surface area contributed by atoms with Gasteiger partial charge in [-0.15, -0.1) is 0 Å². The van der Waals surface area contributed by atoms with Gasteiger partial charge in [-0.05, 0) is 48.3 Å². The zero-order chi connectivity index (χ0) is 19.1. The molecule has 1 atom stereocenters. The van der Waals surface area contributed by atoms with Crippen LogP contribution in [-0.4, -0.2) is 47.9 Å². The molecule has 5 nitrogen and oxygen atoms in total. The van der Waals surface area contributed by atoms with Crippen LogP contribution in [0.4, 0.5) is 11.5 Å². The maximum atomic E-state index is 12.5. The van der Waals surface area contributed by atoms with E-state index in [2.05, 4.69) is 38.4 Å². The number of rotatable bonds is 4. The number of nitrogens with zero attached hydrogens (tertiary/aromatic N) is 4. The normalized spacial score (nSPS) is 20.2. The Morgan fingerprint density at radius 1 is 1.04 bits per heavy atom. The largest absolute Gasteiger partial charge is 0.353 e. The van der Waals surface area contributed by atoms with Crippen molar-refractivity contribution < 1.29 is 4.79 Å². The molecule has 0 N–H and O–H groups in total. The standard InChI is InChI=1S/C21H21ClN4OS/c22-26-18-7-3-1-5-15(18)16(21(26)27)9-10-24-11-13-25(14-12-24)20-17-6-2-4-8-19(17)28-23-20/h1-8,16H,9-14H2. The van der Waals surface area contributed by atoms with E-state index in [0.29, 0.717) is 0 Å². The molecule has 0 bridgehead atoms. The van der Waals surface area contributed by atoms with E-state index in [9.17, 15) is 4.79 Å². The van der Waals surface area contributed by atoms with Crippen LogP contribution in [0.3, 0.4) is 0 Å². The van der Waals surface area contributed by atoms with Crippen molar-refractivity contribution in [2.24, 2.45) is 0 Å². The fourth-order valence-electron chi connectivity index (χ4n) is 4.22. The molecular formula is C21H21ClN4OS. The third-order valence-electron chi connectivity index (χ3n) is 5.78. The number of para-hydroxylation sites is 1. The van der Waals surface area contributed by atoms with Crippen molar-refractivity contribution in [2.75, 3.05) is 42.0 Å². The lowest BCUT2D eigenvalue weighted by atomic mass is 9.97. The highest BCUT2D eigenvalue weighted by atomic mass is 35.5. The van der Waals surface area contributed by atoms with Gasteiger partial charge in [0.15, 0.2) is 0 Å². The molecule has 1 amide bonds. The van der Waals surface area contributed by atoms with E-state index in [0.717, 1.165) is 56.2 Å². The predicted molar refractivity (Wildman–Crippen MR) is 115 cm³/mol. The Kier molecular flexibility index (Phi) is 4.70. The van der Waals surface area contributed by atoms with E-state index in [4.69, 9.17) is 11.8 Å². The van der Waals surface area contributed by atoms with Crippen LogP contribution in [0, 0.1) is 0 Å². The number of benzene rings is 2. The second kappa shape index (κ2) is 7.35. The number of fused-ring (bicyclic) bond motifs is 2. The van der Waals surface area contributed by atoms with Crippen LogP contribution in [0.1, 0.15) is 17.9 Å². The third kappa shape index (κ3) is 3.05. The summed E-state index contributed by atoms with van der Waals surface area (Å²) in [6.07, 6.45) is 0.804. The Morgan fingerprint density at radius 2 is 1.79 bits per heavy atom. The molecule has 3 heterocycles. The molecular weight excluding hydrogens is 392 g/mol. The number of anilines is 2. The summed E-state index contributed by atoms with van der Waals surface area (Å²) in [4.78, 5) is 17.4. The van der Waals surface area contributed by atoms with E-state index >= 15 is 0 Å². The second-order valence-corrected chi connectivity index (χ2v) is 8.49. The molecule has 1 unspecified atom stereocenters. The minimum atomic E-state index is -0.130. The Bertz CT molecular complexity index is 1010. The molecule has 2 aromatic carbocycles. The zero-order valence-electron chi connectivity index (χ0n) is 15.4. The molecule has 1 saturated heterocycles. The van der Waals surface area contributed by atoms with E-state index < -0.39 is 0 Å². The fourth-order valence-corrected chi connectivity index (χ4v) is 5.29. The first kappa shape index (κ1) is 17.9. The number of amides is 1. The van der Waals surface area contributed by atoms with Crippen molar-refractivity contribution in [3.8, 4) is 0 Å². The molecule has 0 spiro atoms. The Morgan fingerprint density at radius 3 is 2.64 bits per heavy atom. The molecule has 7 heteroatoms. The van der Waals surface area contributed by atoms with Gasteiger partial charge in [0.25, 0.3) is 0 Å². The van der Waals surface area contributed by atoms with Gasteiger partial charge in [-0.2, -0.15) is 4.37 Å². The Hall–Kier alpha value is -2.15. The number of carbonyl (C=O) groups excluding carboxylic acids is 1. The Balaban J connectivity index is 1.21. The highest BCUT2D eigenvalue weighted by molar-refractivity contribution is 7.13. The van der Waals surface area contributed by atoms with Gasteiger partial charge in [0, 0.05) is 43.3 Å². The zero-order valence-corrected chi connectivity index (χ0v) is 17.0. The van der Waals surface area contributed by atoms with Crippen LogP contribution in [0.25, 0.3) is 10.1 Å². The van der Waals surface area contributed by atoms with Gasteiger partial charge in [-0.3, -0.25) is 9.69 Å². The van der Waals surface area contributed by atoms with Crippen molar-refractivity contribution in [3.63, 3.8) is 0 Å². The molecule has 5 rings (SSSR count). The summed E-state index contributed by atoms with van der Waals surface area (Å²) < 4.78 is 7.20. The molecule has 0 saturated carbocycles. The monoisotopic (exact) mass is 412 g/mol. The summed E-state index contributed by atoms with van der Waals surface area (Å²) in [5.74, 6) is 0.975. The topological polar surface area (TPSA) is 39.7 Å². The fraction of sp³-hybridized carbons (Fsp3) is 0.333. The van der Waals surface area contributed by atoms with Crippen molar-refractivity contribution >= 4 is 50.8 Å². The molecule has 1 aromatic heterocycles. The summed E-state index contributed by atoms with van der Waals surface area (Å²) in [5.41, 5.74) is 1.88. The van der Waals surface area contributed by atoms with E-state index in [1.165, 1.54) is 14.5 Å². The smallest absolute Gasteiger partial charge is 0.249 e. The van der Waals surface area contributed by atoms with Crippen molar-refractivity contribution in [1.29, 1.82) is 0 Å². The molecule has 2 aliphatic rings. The number of halogens is 1. The summed E-state index contributed by atoms with van der Waals surface area (Å²) in [6, 6.07) is 16.3. The molecule has 3 aromatic rings. The van der Waals surface area contributed by atoms with Gasteiger partial charge in [0.2, 0.25) is 5.91 Å². The number of carbonyl (C=O) groups is 1. The van der Waals surface area contributed by atoms with E-state index in [-0.39, 0.29) is 11.8 Å². The number of hydrogen-bond acceptors (Lipinski definition) is 5. The first-order chi connectivity index (χ1) is 13.7. The van der Waals surface area contributed by atoms with Crippen molar-refractivity contribution in [2.45, 2.75) is 12.3 Å². The van der Waals surface area contributed by atoms with Gasteiger partial charge >= 0.3 is 0 Å². The average Bonchev–Trinajstić information content (AvgIpc) is 3.27. The van der Waals surface area contributed by atoms with Gasteiger partial charge in [-0.1, -0.05) is 30.3 Å². The first-order valence-electron chi connectivity index (χ1n) is 9.63. The van der Waals surface area contributed by atoms with Gasteiger partial charge in [0.1, 0.15) is 5.82 Å². The van der Waals surface area contributed by atoms with Crippen molar-refractivity contribution in [3.05, 3.63) is 54.1 Å². The minimum Gasteiger partial charge on any atom is -0.353 e. The van der Waals surface area contributed by atoms with Crippen LogP contribution in [0.5, 0.6) is 0 Å². The molecule has 28 heavy (non-hydrogen) atoms. The van der Waals surface area contributed by atoms with Gasteiger partial charge < -0.3 is 4.90 Å². The first-order valence-corrected chi connectivity index (χ1v) is 10.7. The van der Waals surface area contributed by atoms with Crippen LogP contribution in [0.2, 0.25) is 0 Å². The van der Waals surface area contributed by atoms with Gasteiger partial charge in [-0.25, -0.2) is 4.42 Å². The maximum absolute atomic E-state index is 12.5. The van der Waals surface area contributed by atoms with E-state index in [1.807, 2.05) is 24.3 Å². The summed E-state index contributed by atoms with van der Waals surface area (Å²) in [7, 11) is 0. The lowest BCUT2D eigenvalue weighted by Gasteiger charge is -2.35. The number of aromatic nitrogens is 1. The maximum Gasteiger partial charge on any atom is 0.249 e. The van der Waals surface area contributed by atoms with Crippen LogP contribution in [0.15, 0.2) is 48.5 Å².